The molecule has 0 aliphatic carbocycles. The number of ether oxygens (including phenoxy) is 3. The summed E-state index contributed by atoms with van der Waals surface area (Å²) in [6.45, 7) is 9.38. The number of hydrogen-bond acceptors (Lipinski definition) is 5. The number of esters is 2. The van der Waals surface area contributed by atoms with Crippen molar-refractivity contribution in [1.29, 1.82) is 0 Å². The van der Waals surface area contributed by atoms with Gasteiger partial charge < -0.3 is 14.2 Å². The molecule has 0 bridgehead atoms. The minimum atomic E-state index is -1.50. The van der Waals surface area contributed by atoms with E-state index in [-0.39, 0.29) is 18.7 Å². The predicted molar refractivity (Wildman–Crippen MR) is 93.5 cm³/mol. The molecular weight excluding hydrogens is 324 g/mol. The van der Waals surface area contributed by atoms with Gasteiger partial charge in [0.1, 0.15) is 20.8 Å². The van der Waals surface area contributed by atoms with Crippen LogP contribution in [0, 0.1) is 23.3 Å². The predicted octanol–water partition coefficient (Wildman–Crippen LogP) is 2.08. The summed E-state index contributed by atoms with van der Waals surface area (Å²) >= 11 is 0. The Morgan fingerprint density at radius 2 is 1.83 bits per heavy atom. The van der Waals surface area contributed by atoms with E-state index < -0.39 is 26.3 Å². The molecular formula is C18H24O5Si. The maximum absolute atomic E-state index is 11.2. The van der Waals surface area contributed by atoms with Gasteiger partial charge in [0.2, 0.25) is 0 Å². The molecule has 6 heteroatoms. The highest BCUT2D eigenvalue weighted by molar-refractivity contribution is 6.83. The highest BCUT2D eigenvalue weighted by Crippen LogP contribution is 2.16. The molecule has 0 aromatic heterocycles. The molecule has 0 N–H and O–H groups in total. The topological polar surface area (TPSA) is 61.8 Å². The Morgan fingerprint density at radius 3 is 2.42 bits per heavy atom. The summed E-state index contributed by atoms with van der Waals surface area (Å²) < 4.78 is 15.9. The van der Waals surface area contributed by atoms with E-state index in [9.17, 15) is 9.59 Å². The van der Waals surface area contributed by atoms with Crippen LogP contribution in [-0.4, -0.2) is 44.9 Å². The molecule has 0 spiro atoms. The van der Waals surface area contributed by atoms with Crippen LogP contribution < -0.4 is 0 Å². The molecule has 1 aliphatic heterocycles. The second kappa shape index (κ2) is 9.32. The van der Waals surface area contributed by atoms with E-state index in [1.807, 2.05) is 0 Å². The van der Waals surface area contributed by atoms with Crippen LogP contribution in [0.1, 0.15) is 20.3 Å². The third-order valence-electron chi connectivity index (χ3n) is 2.74. The van der Waals surface area contributed by atoms with Crippen molar-refractivity contribution in [3.63, 3.8) is 0 Å². The van der Waals surface area contributed by atoms with Crippen molar-refractivity contribution in [2.75, 3.05) is 6.61 Å². The number of rotatable bonds is 3. The van der Waals surface area contributed by atoms with E-state index in [0.717, 1.165) is 0 Å². The summed E-state index contributed by atoms with van der Waals surface area (Å²) in [6.07, 6.45) is 2.43. The maximum atomic E-state index is 11.2. The smallest absolute Gasteiger partial charge is 0.303 e. The first-order valence-electron chi connectivity index (χ1n) is 7.83. The van der Waals surface area contributed by atoms with Crippen LogP contribution in [0.25, 0.3) is 0 Å². The van der Waals surface area contributed by atoms with Gasteiger partial charge in [-0.15, -0.1) is 5.54 Å². The molecule has 1 aliphatic rings. The lowest BCUT2D eigenvalue weighted by molar-refractivity contribution is -0.150. The lowest BCUT2D eigenvalue weighted by Gasteiger charge is -2.26. The molecule has 0 amide bonds. The SMILES string of the molecule is CC(=O)OCCC#C[C@H]1O[C@H](C#C[Si](C)(C)C)C=C[C@@H]1OC(C)=O. The Balaban J connectivity index is 2.77. The van der Waals surface area contributed by atoms with Gasteiger partial charge in [0.25, 0.3) is 0 Å². The van der Waals surface area contributed by atoms with Gasteiger partial charge in [-0.2, -0.15) is 0 Å². The van der Waals surface area contributed by atoms with Crippen LogP contribution in [0.4, 0.5) is 0 Å². The van der Waals surface area contributed by atoms with Crippen molar-refractivity contribution in [2.45, 2.75) is 58.2 Å². The monoisotopic (exact) mass is 348 g/mol. The molecule has 0 aromatic carbocycles. The average Bonchev–Trinajstić information content (AvgIpc) is 2.45. The zero-order valence-electron chi connectivity index (χ0n) is 14.8. The van der Waals surface area contributed by atoms with Gasteiger partial charge in [-0.1, -0.05) is 37.4 Å². The fraction of sp³-hybridized carbons (Fsp3) is 0.556. The first-order valence-corrected chi connectivity index (χ1v) is 11.3. The summed E-state index contributed by atoms with van der Waals surface area (Å²) in [5, 5.41) is 0. The Kier molecular flexibility index (Phi) is 7.77. The molecule has 130 valence electrons. The molecule has 0 saturated carbocycles. The molecule has 24 heavy (non-hydrogen) atoms. The fourth-order valence-corrected chi connectivity index (χ4v) is 2.36. The quantitative estimate of drug-likeness (QED) is 0.257. The highest BCUT2D eigenvalue weighted by atomic mass is 28.3. The van der Waals surface area contributed by atoms with Crippen LogP contribution >= 0.6 is 0 Å². The van der Waals surface area contributed by atoms with Gasteiger partial charge >= 0.3 is 11.9 Å². The van der Waals surface area contributed by atoms with Crippen LogP contribution in [0.2, 0.25) is 19.6 Å². The molecule has 0 fully saturated rings. The molecule has 0 saturated heterocycles. The fourth-order valence-electron chi connectivity index (χ4n) is 1.79. The van der Waals surface area contributed by atoms with Crippen molar-refractivity contribution >= 4 is 20.0 Å². The normalized spacial score (nSPS) is 22.5. The maximum Gasteiger partial charge on any atom is 0.303 e. The minimum absolute atomic E-state index is 0.224. The van der Waals surface area contributed by atoms with Gasteiger partial charge in [-0.25, -0.2) is 0 Å². The van der Waals surface area contributed by atoms with Gasteiger partial charge in [0.05, 0.1) is 0 Å². The summed E-state index contributed by atoms with van der Waals surface area (Å²) in [5.74, 6) is 8.19. The second-order valence-electron chi connectivity index (χ2n) is 6.37. The first-order chi connectivity index (χ1) is 11.2. The molecule has 0 unspecified atom stereocenters. The third-order valence-corrected chi connectivity index (χ3v) is 3.63. The largest absolute Gasteiger partial charge is 0.465 e. The molecule has 0 radical (unpaired) electrons. The lowest BCUT2D eigenvalue weighted by atomic mass is 10.1. The summed E-state index contributed by atoms with van der Waals surface area (Å²) in [5.41, 5.74) is 3.26. The van der Waals surface area contributed by atoms with Gasteiger partial charge in [0, 0.05) is 20.3 Å². The summed E-state index contributed by atoms with van der Waals surface area (Å²) in [4.78, 5) is 21.9. The number of hydrogen-bond donors (Lipinski definition) is 0. The van der Waals surface area contributed by atoms with E-state index in [0.29, 0.717) is 6.42 Å². The molecule has 3 atom stereocenters. The van der Waals surface area contributed by atoms with E-state index in [2.05, 4.69) is 42.9 Å². The van der Waals surface area contributed by atoms with Gasteiger partial charge in [-0.3, -0.25) is 9.59 Å². The third kappa shape index (κ3) is 8.57. The molecule has 1 heterocycles. The van der Waals surface area contributed by atoms with Crippen molar-refractivity contribution in [3.05, 3.63) is 12.2 Å². The zero-order chi connectivity index (χ0) is 18.2. The van der Waals surface area contributed by atoms with Crippen molar-refractivity contribution in [3.8, 4) is 23.3 Å². The van der Waals surface area contributed by atoms with Crippen molar-refractivity contribution in [1.82, 2.24) is 0 Å². The van der Waals surface area contributed by atoms with Crippen LogP contribution in [-0.2, 0) is 23.8 Å². The summed E-state index contributed by atoms with van der Waals surface area (Å²) in [7, 11) is -1.50. The second-order valence-corrected chi connectivity index (χ2v) is 11.1. The first kappa shape index (κ1) is 20.0. The van der Waals surface area contributed by atoms with E-state index in [4.69, 9.17) is 14.2 Å². The molecule has 5 nitrogen and oxygen atoms in total. The highest BCUT2D eigenvalue weighted by Gasteiger charge is 2.27. The van der Waals surface area contributed by atoms with Crippen LogP contribution in [0.5, 0.6) is 0 Å². The van der Waals surface area contributed by atoms with Crippen molar-refractivity contribution in [2.24, 2.45) is 0 Å². The van der Waals surface area contributed by atoms with E-state index in [1.165, 1.54) is 13.8 Å². The molecule has 1 rings (SSSR count). The Hall–Kier alpha value is -2.02. The summed E-state index contributed by atoms with van der Waals surface area (Å²) in [6, 6.07) is 0. The van der Waals surface area contributed by atoms with Gasteiger partial charge in [0.15, 0.2) is 12.2 Å². The number of carbonyl (C=O) groups excluding carboxylic acids is 2. The van der Waals surface area contributed by atoms with Crippen LogP contribution in [0.3, 0.4) is 0 Å². The lowest BCUT2D eigenvalue weighted by Crippen LogP contribution is -2.37. The Bertz CT molecular complexity index is 609. The molecule has 0 aromatic rings. The van der Waals surface area contributed by atoms with E-state index >= 15 is 0 Å². The average molecular weight is 348 g/mol. The van der Waals surface area contributed by atoms with E-state index in [1.54, 1.807) is 12.2 Å². The number of carbonyl (C=O) groups is 2. The standard InChI is InChI=1S/C18H24O5Si/c1-14(19)21-12-7-6-8-17-18(22-15(2)20)10-9-16(23-17)11-13-24(3,4)5/h9-10,16-18H,7,12H2,1-5H3/t16-,17+,18-/m0/s1. The van der Waals surface area contributed by atoms with Crippen LogP contribution in [0.15, 0.2) is 12.2 Å². The Labute approximate surface area is 144 Å². The van der Waals surface area contributed by atoms with Gasteiger partial charge in [-0.05, 0) is 12.2 Å². The Morgan fingerprint density at radius 1 is 1.12 bits per heavy atom. The zero-order valence-corrected chi connectivity index (χ0v) is 15.8. The van der Waals surface area contributed by atoms with Crippen molar-refractivity contribution < 1.29 is 23.8 Å². The minimum Gasteiger partial charge on any atom is -0.465 e.